The zero-order valence-electron chi connectivity index (χ0n) is 9.09. The van der Waals surface area contributed by atoms with E-state index in [2.05, 4.69) is 20.9 Å². The third kappa shape index (κ3) is 6.72. The second-order valence-corrected chi connectivity index (χ2v) is 4.33. The molecule has 0 saturated heterocycles. The summed E-state index contributed by atoms with van der Waals surface area (Å²) in [5.41, 5.74) is 5.35. The van der Waals surface area contributed by atoms with Crippen molar-refractivity contribution in [2.75, 3.05) is 51.6 Å². The molecule has 5 nitrogen and oxygen atoms in total. The van der Waals surface area contributed by atoms with Crippen LogP contribution in [-0.4, -0.2) is 56.7 Å². The van der Waals surface area contributed by atoms with Gasteiger partial charge in [-0.15, -0.1) is 0 Å². The predicted octanol–water partition coefficient (Wildman–Crippen LogP) is -1.18. The molecule has 88 valence electrons. The van der Waals surface area contributed by atoms with Crippen molar-refractivity contribution >= 4 is 16.9 Å². The van der Waals surface area contributed by atoms with Crippen molar-refractivity contribution in [2.24, 2.45) is 10.7 Å². The van der Waals surface area contributed by atoms with E-state index in [1.54, 1.807) is 11.8 Å². The molecule has 6 heteroatoms. The first-order chi connectivity index (χ1) is 7.43. The van der Waals surface area contributed by atoms with E-state index in [1.807, 2.05) is 0 Å². The molecule has 0 fully saturated rings. The molecule has 15 heavy (non-hydrogen) atoms. The first-order valence-corrected chi connectivity index (χ1v) is 6.44. The molecule has 0 aromatic rings. The van der Waals surface area contributed by atoms with E-state index in [9.17, 15) is 0 Å². The summed E-state index contributed by atoms with van der Waals surface area (Å²) in [6.07, 6.45) is 0. The molecule has 0 saturated carbocycles. The van der Waals surface area contributed by atoms with Crippen molar-refractivity contribution in [3.8, 4) is 0 Å². The molecule has 0 atom stereocenters. The maximum atomic E-state index is 5.35. The molecule has 5 N–H and O–H groups in total. The average molecular weight is 231 g/mol. The van der Waals surface area contributed by atoms with Gasteiger partial charge >= 0.3 is 0 Å². The van der Waals surface area contributed by atoms with Gasteiger partial charge in [0, 0.05) is 45.0 Å². The third-order valence-electron chi connectivity index (χ3n) is 1.96. The van der Waals surface area contributed by atoms with Crippen molar-refractivity contribution in [1.82, 2.24) is 16.0 Å². The lowest BCUT2D eigenvalue weighted by Gasteiger charge is -2.07. The highest BCUT2D eigenvalue weighted by Crippen LogP contribution is 2.07. The first kappa shape index (κ1) is 12.8. The number of nitrogens with one attached hydrogen (secondary N) is 3. The Morgan fingerprint density at radius 1 is 1.13 bits per heavy atom. The summed E-state index contributed by atoms with van der Waals surface area (Å²) in [5, 5.41) is 11.0. The quantitative estimate of drug-likeness (QED) is 0.396. The van der Waals surface area contributed by atoms with Crippen LogP contribution in [-0.2, 0) is 0 Å². The Labute approximate surface area is 95.7 Å². The highest BCUT2D eigenvalue weighted by molar-refractivity contribution is 8.14. The summed E-state index contributed by atoms with van der Waals surface area (Å²) < 4.78 is 0. The molecule has 0 bridgehead atoms. The van der Waals surface area contributed by atoms with Gasteiger partial charge in [-0.25, -0.2) is 0 Å². The van der Waals surface area contributed by atoms with E-state index in [4.69, 9.17) is 5.73 Å². The van der Waals surface area contributed by atoms with E-state index in [1.165, 1.54) is 0 Å². The van der Waals surface area contributed by atoms with E-state index < -0.39 is 0 Å². The van der Waals surface area contributed by atoms with Gasteiger partial charge in [-0.05, 0) is 0 Å². The Bertz CT molecular complexity index is 185. The first-order valence-electron chi connectivity index (χ1n) is 5.46. The fourth-order valence-corrected chi connectivity index (χ4v) is 1.99. The Hall–Kier alpha value is -0.300. The number of rotatable bonds is 8. The van der Waals surface area contributed by atoms with Crippen molar-refractivity contribution in [2.45, 2.75) is 0 Å². The van der Waals surface area contributed by atoms with Crippen molar-refractivity contribution in [3.05, 3.63) is 0 Å². The molecule has 0 spiro atoms. The normalized spacial score (nSPS) is 15.4. The number of aliphatic imine (C=N–C) groups is 1. The summed E-state index contributed by atoms with van der Waals surface area (Å²) in [7, 11) is 0. The largest absolute Gasteiger partial charge is 0.364 e. The molecule has 1 aliphatic heterocycles. The smallest absolute Gasteiger partial charge is 0.156 e. The lowest BCUT2D eigenvalue weighted by atomic mass is 10.5. The Kier molecular flexibility index (Phi) is 7.63. The zero-order valence-corrected chi connectivity index (χ0v) is 9.91. The number of hydrogen-bond donors (Lipinski definition) is 4. The molecule has 0 aliphatic carbocycles. The fraction of sp³-hybridized carbons (Fsp3) is 0.889. The number of nitrogens with two attached hydrogens (primary N) is 1. The molecule has 1 rings (SSSR count). The molecule has 1 aliphatic rings. The molecule has 0 amide bonds. The van der Waals surface area contributed by atoms with Crippen LogP contribution in [0, 0.1) is 0 Å². The maximum Gasteiger partial charge on any atom is 0.156 e. The molecule has 0 aromatic carbocycles. The number of nitrogens with zero attached hydrogens (tertiary/aromatic N) is 1. The second-order valence-electron chi connectivity index (χ2n) is 3.25. The topological polar surface area (TPSA) is 74.5 Å². The Morgan fingerprint density at radius 2 is 1.87 bits per heavy atom. The fourth-order valence-electron chi connectivity index (χ4n) is 1.23. The van der Waals surface area contributed by atoms with Crippen LogP contribution in [0.1, 0.15) is 0 Å². The molecular weight excluding hydrogens is 210 g/mol. The minimum atomic E-state index is 0.707. The minimum absolute atomic E-state index is 0.707. The van der Waals surface area contributed by atoms with Gasteiger partial charge < -0.3 is 21.7 Å². The van der Waals surface area contributed by atoms with Crippen LogP contribution in [0.4, 0.5) is 0 Å². The summed E-state index contributed by atoms with van der Waals surface area (Å²) >= 11 is 1.80. The van der Waals surface area contributed by atoms with Crippen molar-refractivity contribution < 1.29 is 0 Å². The third-order valence-corrected chi connectivity index (χ3v) is 2.90. The molecule has 0 unspecified atom stereocenters. The van der Waals surface area contributed by atoms with Gasteiger partial charge in [0.05, 0.1) is 6.54 Å². The SMILES string of the molecule is NCCNCCNCCNC1=NCCS1. The van der Waals surface area contributed by atoms with Gasteiger partial charge in [-0.3, -0.25) is 4.99 Å². The monoisotopic (exact) mass is 231 g/mol. The Morgan fingerprint density at radius 3 is 2.53 bits per heavy atom. The summed E-state index contributed by atoms with van der Waals surface area (Å²) in [6, 6.07) is 0. The van der Waals surface area contributed by atoms with Crippen LogP contribution in [0.15, 0.2) is 4.99 Å². The average Bonchev–Trinajstić information content (AvgIpc) is 2.75. The van der Waals surface area contributed by atoms with Gasteiger partial charge in [0.2, 0.25) is 0 Å². The van der Waals surface area contributed by atoms with E-state index in [0.29, 0.717) is 6.54 Å². The zero-order chi connectivity index (χ0) is 10.8. The van der Waals surface area contributed by atoms with Crippen LogP contribution >= 0.6 is 11.8 Å². The van der Waals surface area contributed by atoms with Gasteiger partial charge in [0.1, 0.15) is 0 Å². The van der Waals surface area contributed by atoms with Gasteiger partial charge in [-0.1, -0.05) is 11.8 Å². The number of amidine groups is 1. The van der Waals surface area contributed by atoms with Crippen molar-refractivity contribution in [1.29, 1.82) is 0 Å². The number of hydrogen-bond acceptors (Lipinski definition) is 6. The molecule has 0 radical (unpaired) electrons. The predicted molar refractivity (Wildman–Crippen MR) is 67.6 cm³/mol. The van der Waals surface area contributed by atoms with Gasteiger partial charge in [-0.2, -0.15) is 0 Å². The second kappa shape index (κ2) is 8.96. The lowest BCUT2D eigenvalue weighted by molar-refractivity contribution is 0.611. The standard InChI is InChI=1S/C9H21N5S/c10-1-2-11-3-4-12-5-6-13-9-14-7-8-15-9/h11-12H,1-8,10H2,(H,13,14). The Balaban J connectivity index is 1.77. The molecular formula is C9H21N5S. The highest BCUT2D eigenvalue weighted by atomic mass is 32.2. The summed E-state index contributed by atoms with van der Waals surface area (Å²) in [4.78, 5) is 4.31. The minimum Gasteiger partial charge on any atom is -0.364 e. The number of thioether (sulfide) groups is 1. The summed E-state index contributed by atoms with van der Waals surface area (Å²) in [6.45, 7) is 6.45. The van der Waals surface area contributed by atoms with E-state index in [0.717, 1.165) is 50.2 Å². The highest BCUT2D eigenvalue weighted by Gasteiger charge is 2.04. The van der Waals surface area contributed by atoms with Crippen LogP contribution in [0.25, 0.3) is 0 Å². The van der Waals surface area contributed by atoms with Crippen LogP contribution in [0.3, 0.4) is 0 Å². The van der Waals surface area contributed by atoms with E-state index in [-0.39, 0.29) is 0 Å². The van der Waals surface area contributed by atoms with Crippen LogP contribution < -0.4 is 21.7 Å². The summed E-state index contributed by atoms with van der Waals surface area (Å²) in [5.74, 6) is 1.12. The maximum absolute atomic E-state index is 5.35. The lowest BCUT2D eigenvalue weighted by Crippen LogP contribution is -2.35. The van der Waals surface area contributed by atoms with Gasteiger partial charge in [0.15, 0.2) is 5.17 Å². The molecule has 0 aromatic heterocycles. The van der Waals surface area contributed by atoms with Crippen LogP contribution in [0.5, 0.6) is 0 Å². The molecule has 1 heterocycles. The van der Waals surface area contributed by atoms with E-state index >= 15 is 0 Å². The van der Waals surface area contributed by atoms with Gasteiger partial charge in [0.25, 0.3) is 0 Å². The van der Waals surface area contributed by atoms with Crippen molar-refractivity contribution in [3.63, 3.8) is 0 Å². The van der Waals surface area contributed by atoms with Crippen LogP contribution in [0.2, 0.25) is 0 Å².